The number of hydrogen-bond donors (Lipinski definition) is 4. The number of carbonyl (C=O) groups excluding carboxylic acids is 1. The van der Waals surface area contributed by atoms with Crippen LogP contribution >= 0.6 is 0 Å². The van der Waals surface area contributed by atoms with E-state index >= 15 is 0 Å². The van der Waals surface area contributed by atoms with Gasteiger partial charge in [-0.1, -0.05) is 36.4 Å². The Balaban J connectivity index is 1.71. The zero-order valence-corrected chi connectivity index (χ0v) is 23.0. The highest BCUT2D eigenvalue weighted by atomic mass is 16.4. The summed E-state index contributed by atoms with van der Waals surface area (Å²) in [4.78, 5) is 58.9. The van der Waals surface area contributed by atoms with E-state index in [1.165, 1.54) is 0 Å². The average molecular weight is 571 g/mol. The number of nitrogens with one attached hydrogen (secondary N) is 1. The number of aromatic nitrogens is 1. The first kappa shape index (κ1) is 31.6. The van der Waals surface area contributed by atoms with Crippen molar-refractivity contribution in [1.82, 2.24) is 29.9 Å². The molecule has 0 unspecified atom stereocenters. The average Bonchev–Trinajstić information content (AvgIpc) is 2.93. The van der Waals surface area contributed by atoms with E-state index in [0.717, 1.165) is 5.56 Å². The number of rotatable bonds is 11. The van der Waals surface area contributed by atoms with Crippen molar-refractivity contribution < 1.29 is 34.5 Å². The van der Waals surface area contributed by atoms with Crippen molar-refractivity contribution in [3.8, 4) is 0 Å². The molecular formula is C28H38N6O7. The fourth-order valence-corrected chi connectivity index (χ4v) is 4.58. The molecule has 1 fully saturated rings. The molecule has 0 bridgehead atoms. The van der Waals surface area contributed by atoms with Crippen LogP contribution in [-0.2, 0) is 27.5 Å². The van der Waals surface area contributed by atoms with E-state index in [0.29, 0.717) is 71.1 Å². The monoisotopic (exact) mass is 570 g/mol. The fraction of sp³-hybridized carbons (Fsp3) is 0.464. The smallest absolute Gasteiger partial charge is 0.317 e. The molecule has 0 saturated carbocycles. The summed E-state index contributed by atoms with van der Waals surface area (Å²) in [6.45, 7) is 3.30. The molecule has 222 valence electrons. The van der Waals surface area contributed by atoms with Crippen LogP contribution in [-0.4, -0.2) is 136 Å². The van der Waals surface area contributed by atoms with Crippen LogP contribution in [0.4, 0.5) is 0 Å². The summed E-state index contributed by atoms with van der Waals surface area (Å²) in [7, 11) is 0. The van der Waals surface area contributed by atoms with Crippen LogP contribution in [0.5, 0.6) is 0 Å². The molecule has 13 nitrogen and oxygen atoms in total. The van der Waals surface area contributed by atoms with Crippen LogP contribution in [0.15, 0.2) is 48.5 Å². The third-order valence-electron chi connectivity index (χ3n) is 6.73. The maximum Gasteiger partial charge on any atom is 0.317 e. The molecular weight excluding hydrogens is 532 g/mol. The minimum Gasteiger partial charge on any atom is -0.480 e. The van der Waals surface area contributed by atoms with E-state index in [2.05, 4.69) is 15.2 Å². The van der Waals surface area contributed by atoms with Crippen molar-refractivity contribution in [2.24, 2.45) is 0 Å². The van der Waals surface area contributed by atoms with E-state index in [1.54, 1.807) is 26.8 Å². The largest absolute Gasteiger partial charge is 0.480 e. The summed E-state index contributed by atoms with van der Waals surface area (Å²) in [6.07, 6.45) is 0. The Morgan fingerprint density at radius 2 is 1.10 bits per heavy atom. The van der Waals surface area contributed by atoms with Gasteiger partial charge in [0.1, 0.15) is 5.69 Å². The Bertz CT molecular complexity index is 1130. The first-order chi connectivity index (χ1) is 19.7. The third kappa shape index (κ3) is 12.0. The summed E-state index contributed by atoms with van der Waals surface area (Å²) in [5.41, 5.74) is 1.91. The Kier molecular flexibility index (Phi) is 12.6. The van der Waals surface area contributed by atoms with Crippen LogP contribution in [0, 0.1) is 0 Å². The maximum atomic E-state index is 12.7. The normalized spacial score (nSPS) is 16.8. The highest BCUT2D eigenvalue weighted by molar-refractivity contribution is 5.92. The van der Waals surface area contributed by atoms with Crippen LogP contribution in [0.2, 0.25) is 0 Å². The van der Waals surface area contributed by atoms with Crippen LogP contribution in [0.3, 0.4) is 0 Å². The van der Waals surface area contributed by atoms with Crippen molar-refractivity contribution in [1.29, 1.82) is 0 Å². The Morgan fingerprint density at radius 3 is 1.56 bits per heavy atom. The first-order valence-corrected chi connectivity index (χ1v) is 13.5. The van der Waals surface area contributed by atoms with Crippen molar-refractivity contribution in [3.05, 3.63) is 65.5 Å². The molecule has 0 radical (unpaired) electrons. The van der Waals surface area contributed by atoms with Gasteiger partial charge in [0.15, 0.2) is 0 Å². The number of carboxylic acids is 3. The number of pyridine rings is 1. The fourth-order valence-electron chi connectivity index (χ4n) is 4.58. The predicted octanol–water partition coefficient (Wildman–Crippen LogP) is -0.0130. The minimum atomic E-state index is -0.999. The highest BCUT2D eigenvalue weighted by Crippen LogP contribution is 2.08. The molecule has 1 amide bonds. The van der Waals surface area contributed by atoms with Gasteiger partial charge in [-0.3, -0.25) is 38.8 Å². The third-order valence-corrected chi connectivity index (χ3v) is 6.73. The second-order valence-corrected chi connectivity index (χ2v) is 9.97. The van der Waals surface area contributed by atoms with Gasteiger partial charge in [0.05, 0.1) is 25.3 Å². The molecule has 2 aromatic rings. The molecule has 13 heteroatoms. The number of benzene rings is 1. The lowest BCUT2D eigenvalue weighted by Crippen LogP contribution is -2.48. The lowest BCUT2D eigenvalue weighted by Gasteiger charge is -2.33. The maximum absolute atomic E-state index is 12.7. The van der Waals surface area contributed by atoms with Gasteiger partial charge in [-0.15, -0.1) is 0 Å². The molecule has 4 N–H and O–H groups in total. The van der Waals surface area contributed by atoms with Gasteiger partial charge in [-0.05, 0) is 17.7 Å². The summed E-state index contributed by atoms with van der Waals surface area (Å²) in [6, 6.07) is 14.8. The van der Waals surface area contributed by atoms with Gasteiger partial charge in [0, 0.05) is 65.4 Å². The van der Waals surface area contributed by atoms with E-state index < -0.39 is 17.9 Å². The Labute approximate surface area is 239 Å². The second kappa shape index (κ2) is 16.4. The second-order valence-electron chi connectivity index (χ2n) is 9.97. The van der Waals surface area contributed by atoms with Crippen LogP contribution < -0.4 is 5.32 Å². The van der Waals surface area contributed by atoms with E-state index in [1.807, 2.05) is 36.4 Å². The minimum absolute atomic E-state index is 0.185. The number of hydrogen-bond acceptors (Lipinski definition) is 9. The van der Waals surface area contributed by atoms with Gasteiger partial charge in [0.25, 0.3) is 5.91 Å². The number of aliphatic carboxylic acids is 3. The lowest BCUT2D eigenvalue weighted by molar-refractivity contribution is -0.140. The topological polar surface area (TPSA) is 167 Å². The number of amides is 1. The molecule has 1 aliphatic rings. The summed E-state index contributed by atoms with van der Waals surface area (Å²) < 4.78 is 0. The molecule has 1 aromatic heterocycles. The molecule has 41 heavy (non-hydrogen) atoms. The zero-order chi connectivity index (χ0) is 29.6. The van der Waals surface area contributed by atoms with Crippen molar-refractivity contribution in [2.45, 2.75) is 13.1 Å². The predicted molar refractivity (Wildman–Crippen MR) is 149 cm³/mol. The molecule has 1 aliphatic heterocycles. The zero-order valence-electron chi connectivity index (χ0n) is 23.0. The highest BCUT2D eigenvalue weighted by Gasteiger charge is 2.20. The molecule has 0 aliphatic carbocycles. The van der Waals surface area contributed by atoms with Gasteiger partial charge in [-0.2, -0.15) is 0 Å². The van der Waals surface area contributed by atoms with E-state index in [4.69, 9.17) is 0 Å². The number of carboxylic acid groups (broad SMARTS) is 3. The van der Waals surface area contributed by atoms with Crippen LogP contribution in [0.1, 0.15) is 21.7 Å². The summed E-state index contributed by atoms with van der Waals surface area (Å²) in [5, 5.41) is 31.0. The lowest BCUT2D eigenvalue weighted by atomic mass is 10.2. The van der Waals surface area contributed by atoms with Crippen molar-refractivity contribution in [3.63, 3.8) is 0 Å². The van der Waals surface area contributed by atoms with E-state index in [9.17, 15) is 34.5 Å². The number of carbonyl (C=O) groups is 4. The molecule has 1 saturated heterocycles. The molecule has 1 aromatic carbocycles. The van der Waals surface area contributed by atoms with Crippen molar-refractivity contribution >= 4 is 23.8 Å². The Morgan fingerprint density at radius 1 is 0.634 bits per heavy atom. The SMILES string of the molecule is O=C(O)CN1CCN(CC(=O)O)CCN(Cc2cccc(C(=O)NCc3ccccc3)n2)CCN(CC(=O)O)CC1. The number of nitrogens with zero attached hydrogens (tertiary/aromatic N) is 5. The quantitative estimate of drug-likeness (QED) is 0.286. The van der Waals surface area contributed by atoms with Gasteiger partial charge >= 0.3 is 17.9 Å². The molecule has 0 spiro atoms. The van der Waals surface area contributed by atoms with Gasteiger partial charge < -0.3 is 20.6 Å². The molecule has 0 atom stereocenters. The summed E-state index contributed by atoms with van der Waals surface area (Å²) >= 11 is 0. The molecule has 2 heterocycles. The first-order valence-electron chi connectivity index (χ1n) is 13.5. The van der Waals surface area contributed by atoms with Crippen molar-refractivity contribution in [2.75, 3.05) is 72.0 Å². The van der Waals surface area contributed by atoms with Crippen LogP contribution in [0.25, 0.3) is 0 Å². The van der Waals surface area contributed by atoms with Gasteiger partial charge in [0.2, 0.25) is 0 Å². The Hall–Kier alpha value is -3.91. The molecule has 3 rings (SSSR count). The van der Waals surface area contributed by atoms with E-state index in [-0.39, 0.29) is 31.2 Å². The summed E-state index contributed by atoms with van der Waals surface area (Å²) in [5.74, 6) is -3.24. The van der Waals surface area contributed by atoms with Gasteiger partial charge in [-0.25, -0.2) is 4.98 Å². The standard InChI is InChI=1S/C28H38N6O7/c35-25(36)19-32-11-9-31(10-12-33(20-26(37)38)14-16-34(15-13-32)21-27(39)40)18-23-7-4-8-24(30-23)28(41)29-17-22-5-2-1-3-6-22/h1-8H,9-21H2,(H,29,41)(H,35,36)(H,37,38)(H,39,40).